The molecule has 2 atom stereocenters. The average molecular weight is 387 g/mol. The molecule has 0 radical (unpaired) electrons. The summed E-state index contributed by atoms with van der Waals surface area (Å²) in [5.74, 6) is -1.62. The van der Waals surface area contributed by atoms with Gasteiger partial charge in [-0.25, -0.2) is 4.79 Å². The maximum Gasteiger partial charge on any atom is 0.324 e. The van der Waals surface area contributed by atoms with Crippen LogP contribution in [0.1, 0.15) is 38.7 Å². The number of hydrogen-bond donors (Lipinski definition) is 2. The molecule has 1 aromatic rings. The lowest BCUT2D eigenvalue weighted by Gasteiger charge is -2.37. The van der Waals surface area contributed by atoms with E-state index in [1.807, 2.05) is 30.3 Å². The average Bonchev–Trinajstić information content (AvgIpc) is 3.02. The Kier molecular flexibility index (Phi) is 5.40. The largest absolute Gasteiger partial charge is 0.481 e. The molecule has 28 heavy (non-hydrogen) atoms. The molecular weight excluding hydrogens is 362 g/mol. The van der Waals surface area contributed by atoms with Crippen LogP contribution >= 0.6 is 0 Å². The van der Waals surface area contributed by atoms with E-state index in [1.165, 1.54) is 4.90 Å². The summed E-state index contributed by atoms with van der Waals surface area (Å²) in [7, 11) is 0. The van der Waals surface area contributed by atoms with Gasteiger partial charge in [0, 0.05) is 13.0 Å². The highest BCUT2D eigenvalue weighted by atomic mass is 16.4. The summed E-state index contributed by atoms with van der Waals surface area (Å²) in [6, 6.07) is 7.59. The molecule has 2 fully saturated rings. The molecule has 2 aliphatic rings. The van der Waals surface area contributed by atoms with Crippen molar-refractivity contribution in [3.63, 3.8) is 0 Å². The highest BCUT2D eigenvalue weighted by molar-refractivity contribution is 6.02. The Morgan fingerprint density at radius 3 is 2.50 bits per heavy atom. The molecule has 3 rings (SSSR count). The quantitative estimate of drug-likeness (QED) is 0.771. The molecule has 1 aromatic carbocycles. The normalized spacial score (nSPS) is 22.1. The van der Waals surface area contributed by atoms with Crippen molar-refractivity contribution in [3.8, 4) is 0 Å². The maximum absolute atomic E-state index is 13.1. The Balaban J connectivity index is 1.74. The van der Waals surface area contributed by atoms with Crippen molar-refractivity contribution in [2.45, 2.75) is 51.7 Å². The smallest absolute Gasteiger partial charge is 0.324 e. The molecule has 0 bridgehead atoms. The van der Waals surface area contributed by atoms with Crippen LogP contribution in [0.3, 0.4) is 0 Å². The second-order valence-corrected chi connectivity index (χ2v) is 8.20. The maximum atomic E-state index is 13.1. The SMILES string of the molecule is CC(C)(CC(=O)O)CC(=O)N1CC[C@H]2NC(=O)N(Cc3ccccc3)C(=O)[C@H]21. The van der Waals surface area contributed by atoms with E-state index >= 15 is 0 Å². The van der Waals surface area contributed by atoms with Crippen LogP contribution in [0.15, 0.2) is 30.3 Å². The summed E-state index contributed by atoms with van der Waals surface area (Å²) < 4.78 is 0. The number of carboxylic acids is 1. The van der Waals surface area contributed by atoms with Crippen LogP contribution in [-0.2, 0) is 20.9 Å². The van der Waals surface area contributed by atoms with Crippen molar-refractivity contribution in [1.82, 2.24) is 15.1 Å². The summed E-state index contributed by atoms with van der Waals surface area (Å²) in [6.07, 6.45) is 0.403. The molecule has 4 amide bonds. The van der Waals surface area contributed by atoms with E-state index in [1.54, 1.807) is 13.8 Å². The number of urea groups is 1. The minimum Gasteiger partial charge on any atom is -0.481 e. The lowest BCUT2D eigenvalue weighted by molar-refractivity contribution is -0.146. The predicted molar refractivity (Wildman–Crippen MR) is 100 cm³/mol. The first-order chi connectivity index (χ1) is 13.2. The van der Waals surface area contributed by atoms with Crippen LogP contribution in [0.4, 0.5) is 4.79 Å². The summed E-state index contributed by atoms with van der Waals surface area (Å²) in [5.41, 5.74) is 0.106. The molecule has 8 nitrogen and oxygen atoms in total. The second kappa shape index (κ2) is 7.61. The van der Waals surface area contributed by atoms with Gasteiger partial charge in [-0.1, -0.05) is 44.2 Å². The monoisotopic (exact) mass is 387 g/mol. The number of rotatable bonds is 6. The number of carbonyl (C=O) groups excluding carboxylic acids is 3. The minimum absolute atomic E-state index is 0.0302. The van der Waals surface area contributed by atoms with Crippen molar-refractivity contribution in [1.29, 1.82) is 0 Å². The van der Waals surface area contributed by atoms with E-state index in [2.05, 4.69) is 5.32 Å². The van der Waals surface area contributed by atoms with Crippen LogP contribution in [0, 0.1) is 5.41 Å². The van der Waals surface area contributed by atoms with Crippen molar-refractivity contribution in [2.24, 2.45) is 5.41 Å². The van der Waals surface area contributed by atoms with E-state index in [-0.39, 0.29) is 31.2 Å². The molecular formula is C20H25N3O5. The summed E-state index contributed by atoms with van der Waals surface area (Å²) >= 11 is 0. The third-order valence-electron chi connectivity index (χ3n) is 5.23. The fourth-order valence-corrected chi connectivity index (χ4v) is 3.92. The van der Waals surface area contributed by atoms with Gasteiger partial charge in [0.1, 0.15) is 6.04 Å². The number of fused-ring (bicyclic) bond motifs is 1. The molecule has 2 heterocycles. The van der Waals surface area contributed by atoms with Crippen molar-refractivity contribution >= 4 is 23.8 Å². The fraction of sp³-hybridized carbons (Fsp3) is 0.500. The summed E-state index contributed by atoms with van der Waals surface area (Å²) in [6.45, 7) is 3.95. The molecule has 0 unspecified atom stereocenters. The first-order valence-electron chi connectivity index (χ1n) is 9.35. The van der Waals surface area contributed by atoms with Gasteiger partial charge < -0.3 is 15.3 Å². The molecule has 0 aliphatic carbocycles. The van der Waals surface area contributed by atoms with Gasteiger partial charge in [0.05, 0.1) is 19.0 Å². The van der Waals surface area contributed by atoms with Crippen molar-refractivity contribution in [2.75, 3.05) is 6.54 Å². The van der Waals surface area contributed by atoms with Crippen LogP contribution in [0.25, 0.3) is 0 Å². The van der Waals surface area contributed by atoms with Gasteiger partial charge >= 0.3 is 12.0 Å². The molecule has 2 N–H and O–H groups in total. The summed E-state index contributed by atoms with van der Waals surface area (Å²) in [4.78, 5) is 52.0. The molecule has 150 valence electrons. The zero-order valence-electron chi connectivity index (χ0n) is 16.1. The van der Waals surface area contributed by atoms with E-state index in [4.69, 9.17) is 5.11 Å². The van der Waals surface area contributed by atoms with E-state index in [0.717, 1.165) is 10.5 Å². The number of nitrogens with one attached hydrogen (secondary N) is 1. The van der Waals surface area contributed by atoms with Crippen molar-refractivity contribution < 1.29 is 24.3 Å². The Morgan fingerprint density at radius 1 is 1.18 bits per heavy atom. The number of hydrogen-bond acceptors (Lipinski definition) is 4. The first-order valence-corrected chi connectivity index (χ1v) is 9.35. The lowest BCUT2D eigenvalue weighted by Crippen LogP contribution is -2.64. The summed E-state index contributed by atoms with van der Waals surface area (Å²) in [5, 5.41) is 11.9. The Morgan fingerprint density at radius 2 is 1.86 bits per heavy atom. The highest BCUT2D eigenvalue weighted by Crippen LogP contribution is 2.30. The molecule has 2 saturated heterocycles. The molecule has 8 heteroatoms. The van der Waals surface area contributed by atoms with E-state index in [0.29, 0.717) is 13.0 Å². The highest BCUT2D eigenvalue weighted by Gasteiger charge is 2.49. The van der Waals surface area contributed by atoms with Gasteiger partial charge in [-0.2, -0.15) is 0 Å². The lowest BCUT2D eigenvalue weighted by atomic mass is 9.85. The number of amides is 4. The third-order valence-corrected chi connectivity index (χ3v) is 5.23. The topological polar surface area (TPSA) is 107 Å². The molecule has 0 saturated carbocycles. The van der Waals surface area contributed by atoms with Crippen LogP contribution in [0.5, 0.6) is 0 Å². The Labute approximate surface area is 163 Å². The minimum atomic E-state index is -0.966. The standard InChI is InChI=1S/C20H25N3O5/c1-20(2,11-16(25)26)10-15(24)22-9-8-14-17(22)18(27)23(19(28)21-14)12-13-6-4-3-5-7-13/h3-7,14,17H,8-12H2,1-2H3,(H,21,28)(H,25,26)/t14-,17+/m1/s1. The van der Waals surface area contributed by atoms with Gasteiger partial charge in [-0.3, -0.25) is 19.3 Å². The van der Waals surface area contributed by atoms with Gasteiger partial charge in [-0.15, -0.1) is 0 Å². The van der Waals surface area contributed by atoms with Gasteiger partial charge in [-0.05, 0) is 17.4 Å². The second-order valence-electron chi connectivity index (χ2n) is 8.20. The van der Waals surface area contributed by atoms with Crippen LogP contribution < -0.4 is 5.32 Å². The van der Waals surface area contributed by atoms with Gasteiger partial charge in [0.15, 0.2) is 0 Å². The number of carboxylic acid groups (broad SMARTS) is 1. The molecule has 0 aromatic heterocycles. The number of carbonyl (C=O) groups is 4. The van der Waals surface area contributed by atoms with Crippen molar-refractivity contribution in [3.05, 3.63) is 35.9 Å². The number of imide groups is 1. The van der Waals surface area contributed by atoms with Gasteiger partial charge in [0.25, 0.3) is 5.91 Å². The number of nitrogens with zero attached hydrogens (tertiary/aromatic N) is 2. The predicted octanol–water partition coefficient (Wildman–Crippen LogP) is 1.60. The third kappa shape index (κ3) is 4.16. The van der Waals surface area contributed by atoms with E-state index < -0.39 is 29.5 Å². The van der Waals surface area contributed by atoms with Crippen LogP contribution in [0.2, 0.25) is 0 Å². The zero-order chi connectivity index (χ0) is 20.5. The Hall–Kier alpha value is -2.90. The molecule has 0 spiro atoms. The number of aliphatic carboxylic acids is 1. The van der Waals surface area contributed by atoms with Crippen LogP contribution in [-0.4, -0.2) is 57.3 Å². The number of likely N-dealkylation sites (tertiary alicyclic amines) is 1. The zero-order valence-corrected chi connectivity index (χ0v) is 16.1. The van der Waals surface area contributed by atoms with E-state index in [9.17, 15) is 19.2 Å². The molecule has 2 aliphatic heterocycles. The van der Waals surface area contributed by atoms with Gasteiger partial charge in [0.2, 0.25) is 5.91 Å². The fourth-order valence-electron chi connectivity index (χ4n) is 3.92. The first kappa shape index (κ1) is 19.9. The number of benzene rings is 1. The Bertz CT molecular complexity index is 792.